The van der Waals surface area contributed by atoms with Gasteiger partial charge in [-0.3, -0.25) is 4.99 Å². The molecule has 1 unspecified atom stereocenters. The minimum atomic E-state index is 0.293. The Labute approximate surface area is 303 Å². The number of dihydropyridines is 1. The Morgan fingerprint density at radius 2 is 1.17 bits per heavy atom. The standard InChI is InChI=1S/C49H34N2O/c1-3-10-33(11-4-1)35-17-21-40(22-18-35)51(42-25-26-44-46-29-38-15-9-27-50-47(38)32-49(46)52-48(44)31-42)41-23-19-36(20-24-41)45-30-39(34-12-5-2-6-13-34)28-37-14-7-8-16-43(37)45/h1-28,30-32,38H,29H2. The summed E-state index contributed by atoms with van der Waals surface area (Å²) < 4.78 is 6.54. The highest BCUT2D eigenvalue weighted by Gasteiger charge is 2.26. The Bertz CT molecular complexity index is 2680. The molecule has 2 aliphatic rings. The van der Waals surface area contributed by atoms with Gasteiger partial charge in [0, 0.05) is 52.3 Å². The Balaban J connectivity index is 1.08. The fourth-order valence-corrected chi connectivity index (χ4v) is 7.82. The predicted molar refractivity (Wildman–Crippen MR) is 218 cm³/mol. The van der Waals surface area contributed by atoms with E-state index in [0.717, 1.165) is 45.9 Å². The number of fused-ring (bicyclic) bond motifs is 5. The van der Waals surface area contributed by atoms with E-state index >= 15 is 0 Å². The summed E-state index contributed by atoms with van der Waals surface area (Å²) in [6, 6.07) is 58.9. The molecule has 1 aliphatic carbocycles. The van der Waals surface area contributed by atoms with Crippen molar-refractivity contribution in [3.05, 3.63) is 193 Å². The first-order valence-corrected chi connectivity index (χ1v) is 17.9. The van der Waals surface area contributed by atoms with Gasteiger partial charge in [0.2, 0.25) is 0 Å². The lowest BCUT2D eigenvalue weighted by Gasteiger charge is -2.26. The lowest BCUT2D eigenvalue weighted by Crippen LogP contribution is -2.11. The second-order valence-electron chi connectivity index (χ2n) is 13.6. The van der Waals surface area contributed by atoms with Crippen LogP contribution in [0.15, 0.2) is 191 Å². The van der Waals surface area contributed by atoms with Gasteiger partial charge in [0.1, 0.15) is 11.3 Å². The second-order valence-corrected chi connectivity index (χ2v) is 13.6. The molecule has 0 N–H and O–H groups in total. The third-order valence-corrected chi connectivity index (χ3v) is 10.4. The minimum absolute atomic E-state index is 0.293. The van der Waals surface area contributed by atoms with Crippen LogP contribution in [-0.4, -0.2) is 6.21 Å². The lowest BCUT2D eigenvalue weighted by molar-refractivity contribution is 0.584. The molecule has 0 amide bonds. The molecule has 1 aromatic heterocycles. The van der Waals surface area contributed by atoms with Crippen LogP contribution < -0.4 is 4.90 Å². The quantitative estimate of drug-likeness (QED) is 0.177. The van der Waals surface area contributed by atoms with Crippen LogP contribution in [0.25, 0.3) is 61.2 Å². The Morgan fingerprint density at radius 3 is 1.92 bits per heavy atom. The summed E-state index contributed by atoms with van der Waals surface area (Å²) in [5, 5.41) is 3.64. The number of hydrogen-bond donors (Lipinski definition) is 0. The zero-order valence-electron chi connectivity index (χ0n) is 28.5. The highest BCUT2D eigenvalue weighted by atomic mass is 16.3. The molecule has 8 aromatic rings. The Morgan fingerprint density at radius 1 is 0.538 bits per heavy atom. The van der Waals surface area contributed by atoms with Crippen molar-refractivity contribution in [2.75, 3.05) is 4.90 Å². The molecule has 0 saturated carbocycles. The van der Waals surface area contributed by atoms with Crippen LogP contribution in [-0.2, 0) is 6.42 Å². The van der Waals surface area contributed by atoms with Crippen molar-refractivity contribution in [1.82, 2.24) is 0 Å². The molecule has 0 bridgehead atoms. The maximum atomic E-state index is 6.54. The van der Waals surface area contributed by atoms with Crippen LogP contribution in [0.5, 0.6) is 0 Å². The predicted octanol–water partition coefficient (Wildman–Crippen LogP) is 13.2. The van der Waals surface area contributed by atoms with E-state index in [1.807, 2.05) is 12.3 Å². The highest BCUT2D eigenvalue weighted by molar-refractivity contribution is 6.00. The van der Waals surface area contributed by atoms with Crippen molar-refractivity contribution in [2.45, 2.75) is 6.42 Å². The van der Waals surface area contributed by atoms with Crippen molar-refractivity contribution in [1.29, 1.82) is 0 Å². The van der Waals surface area contributed by atoms with Gasteiger partial charge in [-0.05, 0) is 105 Å². The highest BCUT2D eigenvalue weighted by Crippen LogP contribution is 2.43. The van der Waals surface area contributed by atoms with Gasteiger partial charge in [0.05, 0.1) is 5.70 Å². The van der Waals surface area contributed by atoms with E-state index in [1.54, 1.807) is 0 Å². The molecule has 1 atom stereocenters. The molecule has 7 aromatic carbocycles. The maximum Gasteiger partial charge on any atom is 0.137 e. The minimum Gasteiger partial charge on any atom is -0.456 e. The van der Waals surface area contributed by atoms with Crippen LogP contribution in [0.1, 0.15) is 11.3 Å². The molecule has 3 heteroatoms. The first-order valence-electron chi connectivity index (χ1n) is 17.9. The van der Waals surface area contributed by atoms with Crippen LogP contribution in [0.2, 0.25) is 0 Å². The van der Waals surface area contributed by atoms with Crippen molar-refractivity contribution in [3.8, 4) is 33.4 Å². The van der Waals surface area contributed by atoms with Crippen molar-refractivity contribution in [2.24, 2.45) is 10.9 Å². The normalized spacial score (nSPS) is 14.6. The van der Waals surface area contributed by atoms with Gasteiger partial charge in [0.15, 0.2) is 0 Å². The fourth-order valence-electron chi connectivity index (χ4n) is 7.82. The van der Waals surface area contributed by atoms with Crippen LogP contribution >= 0.6 is 0 Å². The number of aliphatic imine (C=N–C) groups is 1. The maximum absolute atomic E-state index is 6.54. The molecule has 0 fully saturated rings. The van der Waals surface area contributed by atoms with E-state index in [1.165, 1.54) is 49.7 Å². The van der Waals surface area contributed by atoms with Gasteiger partial charge < -0.3 is 9.32 Å². The summed E-state index contributed by atoms with van der Waals surface area (Å²) in [6.45, 7) is 0. The van der Waals surface area contributed by atoms with Crippen LogP contribution in [0, 0.1) is 5.92 Å². The molecule has 2 heterocycles. The molecule has 0 spiro atoms. The average molecular weight is 667 g/mol. The number of allylic oxidation sites excluding steroid dienone is 2. The van der Waals surface area contributed by atoms with Crippen LogP contribution in [0.3, 0.4) is 0 Å². The zero-order valence-corrected chi connectivity index (χ0v) is 28.5. The lowest BCUT2D eigenvalue weighted by atomic mass is 9.88. The molecular weight excluding hydrogens is 633 g/mol. The molecule has 1 aliphatic heterocycles. The SMILES string of the molecule is C1=CC2Cc3c(oc4cc(N(c5ccc(-c6ccccc6)cc5)c5ccc(-c6cc(-c7ccccc7)cc7ccccc67)cc5)ccc34)C=C2N=C1. The molecule has 0 radical (unpaired) electrons. The van der Waals surface area contributed by atoms with E-state index < -0.39 is 0 Å². The first-order chi connectivity index (χ1) is 25.7. The monoisotopic (exact) mass is 666 g/mol. The van der Waals surface area contributed by atoms with E-state index in [4.69, 9.17) is 4.42 Å². The summed E-state index contributed by atoms with van der Waals surface area (Å²) >= 11 is 0. The number of furan rings is 1. The zero-order chi connectivity index (χ0) is 34.4. The number of nitrogens with zero attached hydrogens (tertiary/aromatic N) is 2. The fraction of sp³-hybridized carbons (Fsp3) is 0.0408. The molecule has 0 saturated heterocycles. The summed E-state index contributed by atoms with van der Waals surface area (Å²) in [6.07, 6.45) is 9.15. The third kappa shape index (κ3) is 5.35. The average Bonchev–Trinajstić information content (AvgIpc) is 3.57. The van der Waals surface area contributed by atoms with E-state index in [0.29, 0.717) is 5.92 Å². The third-order valence-electron chi connectivity index (χ3n) is 10.4. The summed E-state index contributed by atoms with van der Waals surface area (Å²) in [5.41, 5.74) is 13.6. The number of rotatable bonds is 6. The summed E-state index contributed by atoms with van der Waals surface area (Å²) in [4.78, 5) is 6.94. The van der Waals surface area contributed by atoms with E-state index in [9.17, 15) is 0 Å². The Kier molecular flexibility index (Phi) is 7.28. The molecule has 52 heavy (non-hydrogen) atoms. The van der Waals surface area contributed by atoms with Gasteiger partial charge in [-0.1, -0.05) is 115 Å². The van der Waals surface area contributed by atoms with Crippen molar-refractivity contribution in [3.63, 3.8) is 0 Å². The smallest absolute Gasteiger partial charge is 0.137 e. The second kappa shape index (κ2) is 12.6. The number of hydrogen-bond acceptors (Lipinski definition) is 3. The molecule has 3 nitrogen and oxygen atoms in total. The van der Waals surface area contributed by atoms with Crippen LogP contribution in [0.4, 0.5) is 17.1 Å². The topological polar surface area (TPSA) is 28.7 Å². The summed E-state index contributed by atoms with van der Waals surface area (Å²) in [5.74, 6) is 1.21. The van der Waals surface area contributed by atoms with Crippen molar-refractivity contribution < 1.29 is 4.42 Å². The largest absolute Gasteiger partial charge is 0.456 e. The molecule has 246 valence electrons. The van der Waals surface area contributed by atoms with Gasteiger partial charge in [-0.2, -0.15) is 0 Å². The van der Waals surface area contributed by atoms with Gasteiger partial charge in [0.25, 0.3) is 0 Å². The Hall–Kier alpha value is -6.71. The number of benzene rings is 7. The number of anilines is 3. The van der Waals surface area contributed by atoms with Gasteiger partial charge >= 0.3 is 0 Å². The van der Waals surface area contributed by atoms with E-state index in [-0.39, 0.29) is 0 Å². The van der Waals surface area contributed by atoms with Gasteiger partial charge in [-0.25, -0.2) is 0 Å². The first kappa shape index (κ1) is 30.1. The van der Waals surface area contributed by atoms with E-state index in [2.05, 4.69) is 186 Å². The molecule has 10 rings (SSSR count). The van der Waals surface area contributed by atoms with Crippen molar-refractivity contribution >= 4 is 51.1 Å². The van der Waals surface area contributed by atoms with Gasteiger partial charge in [-0.15, -0.1) is 0 Å². The molecular formula is C49H34N2O. The summed E-state index contributed by atoms with van der Waals surface area (Å²) in [7, 11) is 0.